The maximum atomic E-state index is 12.8. The largest absolute Gasteiger partial charge is 0.492 e. The summed E-state index contributed by atoms with van der Waals surface area (Å²) in [6.07, 6.45) is 2.68. The van der Waals surface area contributed by atoms with Crippen LogP contribution in [0.4, 0.5) is 0 Å². The highest BCUT2D eigenvalue weighted by atomic mass is 16.5. The number of para-hydroxylation sites is 1. The number of ether oxygens (including phenoxy) is 1. The minimum Gasteiger partial charge on any atom is -0.492 e. The smallest absolute Gasteiger partial charge is 0.354 e. The van der Waals surface area contributed by atoms with E-state index in [2.05, 4.69) is 25.5 Å². The van der Waals surface area contributed by atoms with E-state index in [9.17, 15) is 4.79 Å². The summed E-state index contributed by atoms with van der Waals surface area (Å²) in [6, 6.07) is 17.7. The predicted molar refractivity (Wildman–Crippen MR) is 147 cm³/mol. The van der Waals surface area contributed by atoms with E-state index < -0.39 is 0 Å². The van der Waals surface area contributed by atoms with Crippen LogP contribution >= 0.6 is 0 Å². The number of rotatable bonds is 12. The zero-order valence-corrected chi connectivity index (χ0v) is 21.3. The molecule has 4 rings (SSSR count). The average Bonchev–Trinajstić information content (AvgIpc) is 3.28. The van der Waals surface area contributed by atoms with E-state index in [1.54, 1.807) is 4.57 Å². The number of hydrogen-bond donors (Lipinski definition) is 5. The lowest BCUT2D eigenvalue weighted by Crippen LogP contribution is -2.32. The maximum Gasteiger partial charge on any atom is 0.354 e. The van der Waals surface area contributed by atoms with Crippen LogP contribution in [0.5, 0.6) is 5.75 Å². The molecule has 10 heteroatoms. The third-order valence-electron chi connectivity index (χ3n) is 5.87. The van der Waals surface area contributed by atoms with Gasteiger partial charge in [-0.15, -0.1) is 0 Å². The van der Waals surface area contributed by atoms with Crippen molar-refractivity contribution in [3.63, 3.8) is 0 Å². The Morgan fingerprint density at radius 3 is 2.70 bits per heavy atom. The van der Waals surface area contributed by atoms with Gasteiger partial charge < -0.3 is 31.0 Å². The van der Waals surface area contributed by atoms with E-state index in [-0.39, 0.29) is 11.6 Å². The first-order valence-electron chi connectivity index (χ1n) is 12.3. The van der Waals surface area contributed by atoms with Crippen LogP contribution in [0.2, 0.25) is 0 Å². The lowest BCUT2D eigenvalue weighted by Gasteiger charge is -2.13. The second kappa shape index (κ2) is 12.2. The van der Waals surface area contributed by atoms with Crippen molar-refractivity contribution in [2.45, 2.75) is 13.0 Å². The van der Waals surface area contributed by atoms with E-state index in [1.165, 1.54) is 0 Å². The number of guanidine groups is 1. The molecule has 194 valence electrons. The highest BCUT2D eigenvalue weighted by Gasteiger charge is 2.12. The van der Waals surface area contributed by atoms with Gasteiger partial charge in [-0.3, -0.25) is 9.98 Å². The fourth-order valence-electron chi connectivity index (χ4n) is 3.92. The van der Waals surface area contributed by atoms with Crippen molar-refractivity contribution >= 4 is 17.0 Å². The predicted octanol–water partition coefficient (Wildman–Crippen LogP) is 2.28. The van der Waals surface area contributed by atoms with Crippen LogP contribution in [0, 0.1) is 5.41 Å². The first-order chi connectivity index (χ1) is 17.9. The van der Waals surface area contributed by atoms with Crippen molar-refractivity contribution in [1.82, 2.24) is 30.1 Å². The Balaban J connectivity index is 1.47. The minimum atomic E-state index is -0.347. The lowest BCUT2D eigenvalue weighted by molar-refractivity contribution is 0.262. The summed E-state index contributed by atoms with van der Waals surface area (Å²) in [5.74, 6) is 0.772. The summed E-state index contributed by atoms with van der Waals surface area (Å²) >= 11 is 0. The van der Waals surface area contributed by atoms with Gasteiger partial charge in [0.05, 0.1) is 11.4 Å². The Bertz CT molecular complexity index is 1390. The molecular weight excluding hydrogens is 468 g/mol. The van der Waals surface area contributed by atoms with Gasteiger partial charge in [0.15, 0.2) is 5.96 Å². The molecule has 0 unspecified atom stereocenters. The molecule has 10 nitrogen and oxygen atoms in total. The first-order valence-corrected chi connectivity index (χ1v) is 12.3. The molecule has 0 aliphatic rings. The van der Waals surface area contributed by atoms with E-state index >= 15 is 0 Å². The number of nitrogens with one attached hydrogen (secondary N) is 4. The molecule has 0 aliphatic carbocycles. The molecule has 0 aliphatic heterocycles. The van der Waals surface area contributed by atoms with E-state index in [0.717, 1.165) is 53.2 Å². The average molecular weight is 503 g/mol. The van der Waals surface area contributed by atoms with Gasteiger partial charge in [0, 0.05) is 36.8 Å². The van der Waals surface area contributed by atoms with Crippen molar-refractivity contribution < 1.29 is 4.74 Å². The Morgan fingerprint density at radius 2 is 1.95 bits per heavy atom. The Labute approximate surface area is 216 Å². The van der Waals surface area contributed by atoms with Crippen LogP contribution in [0.3, 0.4) is 0 Å². The van der Waals surface area contributed by atoms with Gasteiger partial charge >= 0.3 is 5.69 Å². The molecule has 2 aromatic heterocycles. The minimum absolute atomic E-state index is 0.0104. The SMILES string of the molecule is CN(C)CCOc1ccccc1-c1cc2cn(-c3ccc(CNCCCNC(=N)N)cc3)c(=O)nc2[nH]1. The molecule has 2 heterocycles. The molecule has 0 saturated heterocycles. The lowest BCUT2D eigenvalue weighted by atomic mass is 10.1. The number of hydrogen-bond acceptors (Lipinski definition) is 6. The molecule has 0 saturated carbocycles. The van der Waals surface area contributed by atoms with Gasteiger partial charge in [0.2, 0.25) is 0 Å². The van der Waals surface area contributed by atoms with Crippen LogP contribution in [0.15, 0.2) is 65.6 Å². The van der Waals surface area contributed by atoms with Crippen molar-refractivity contribution in [1.29, 1.82) is 5.41 Å². The molecule has 4 aromatic rings. The van der Waals surface area contributed by atoms with Gasteiger partial charge in [-0.1, -0.05) is 24.3 Å². The quantitative estimate of drug-likeness (QED) is 0.114. The van der Waals surface area contributed by atoms with Crippen molar-refractivity contribution in [2.24, 2.45) is 5.73 Å². The number of fused-ring (bicyclic) bond motifs is 1. The third kappa shape index (κ3) is 6.96. The fourth-order valence-corrected chi connectivity index (χ4v) is 3.92. The summed E-state index contributed by atoms with van der Waals surface area (Å²) < 4.78 is 7.57. The highest BCUT2D eigenvalue weighted by molar-refractivity contribution is 5.84. The van der Waals surface area contributed by atoms with Gasteiger partial charge in [-0.05, 0) is 63.0 Å². The summed E-state index contributed by atoms with van der Waals surface area (Å²) in [5, 5.41) is 14.1. The fraction of sp³-hybridized carbons (Fsp3) is 0.296. The zero-order chi connectivity index (χ0) is 26.2. The Morgan fingerprint density at radius 1 is 1.16 bits per heavy atom. The summed E-state index contributed by atoms with van der Waals surface area (Å²) in [6.45, 7) is 3.58. The van der Waals surface area contributed by atoms with Gasteiger partial charge in [-0.25, -0.2) is 4.79 Å². The number of aromatic amines is 1. The molecule has 0 spiro atoms. The standard InChI is InChI=1S/C27H34N8O2/c1-34(2)14-15-37-24-7-4-3-6-22(24)23-16-20-18-35(27(36)33-25(20)32-23)21-10-8-19(9-11-21)17-30-12-5-13-31-26(28)29/h3-4,6-11,16,18,30H,5,12-15,17H2,1-2H3,(H4,28,29,31)(H,32,33,36). The molecule has 0 atom stereocenters. The number of aromatic nitrogens is 3. The first kappa shape index (κ1) is 25.9. The van der Waals surface area contributed by atoms with E-state index in [1.807, 2.05) is 74.9 Å². The number of nitrogens with zero attached hydrogens (tertiary/aromatic N) is 3. The van der Waals surface area contributed by atoms with Crippen LogP contribution in [0.1, 0.15) is 12.0 Å². The molecule has 37 heavy (non-hydrogen) atoms. The van der Waals surface area contributed by atoms with Crippen LogP contribution < -0.4 is 26.8 Å². The van der Waals surface area contributed by atoms with Crippen molar-refractivity contribution in [2.75, 3.05) is 40.3 Å². The molecule has 0 bridgehead atoms. The third-order valence-corrected chi connectivity index (χ3v) is 5.87. The topological polar surface area (TPSA) is 137 Å². The number of nitrogens with two attached hydrogens (primary N) is 1. The second-order valence-electron chi connectivity index (χ2n) is 9.07. The zero-order valence-electron chi connectivity index (χ0n) is 21.3. The van der Waals surface area contributed by atoms with E-state index in [0.29, 0.717) is 25.3 Å². The molecule has 6 N–H and O–H groups in total. The van der Waals surface area contributed by atoms with E-state index in [4.69, 9.17) is 15.9 Å². The van der Waals surface area contributed by atoms with Crippen LogP contribution in [0.25, 0.3) is 28.0 Å². The summed E-state index contributed by atoms with van der Waals surface area (Å²) in [7, 11) is 4.02. The molecule has 0 amide bonds. The van der Waals surface area contributed by atoms with Gasteiger partial charge in [0.1, 0.15) is 18.0 Å². The van der Waals surface area contributed by atoms with Gasteiger partial charge in [-0.2, -0.15) is 4.98 Å². The number of likely N-dealkylation sites (N-methyl/N-ethyl adjacent to an activating group) is 1. The second-order valence-corrected chi connectivity index (χ2v) is 9.07. The highest BCUT2D eigenvalue weighted by Crippen LogP contribution is 2.31. The number of benzene rings is 2. The normalized spacial score (nSPS) is 11.2. The Hall–Kier alpha value is -4.15. The van der Waals surface area contributed by atoms with Gasteiger partial charge in [0.25, 0.3) is 0 Å². The molecule has 0 radical (unpaired) electrons. The summed E-state index contributed by atoms with van der Waals surface area (Å²) in [4.78, 5) is 22.5. The summed E-state index contributed by atoms with van der Waals surface area (Å²) in [5.41, 5.74) is 9.10. The Kier molecular flexibility index (Phi) is 8.55. The molecular formula is C27H34N8O2. The monoisotopic (exact) mass is 502 g/mol. The maximum absolute atomic E-state index is 12.8. The molecule has 0 fully saturated rings. The van der Waals surface area contributed by atoms with Crippen LogP contribution in [-0.4, -0.2) is 65.7 Å². The van der Waals surface area contributed by atoms with Crippen molar-refractivity contribution in [3.05, 3.63) is 76.8 Å². The van der Waals surface area contributed by atoms with Crippen molar-refractivity contribution in [3.8, 4) is 22.7 Å². The number of H-pyrrole nitrogens is 1. The van der Waals surface area contributed by atoms with Crippen LogP contribution in [-0.2, 0) is 6.54 Å². The molecule has 2 aromatic carbocycles.